The summed E-state index contributed by atoms with van der Waals surface area (Å²) in [6, 6.07) is 18.2. The van der Waals surface area contributed by atoms with E-state index in [2.05, 4.69) is 66.7 Å². The van der Waals surface area contributed by atoms with Gasteiger partial charge in [-0.3, -0.25) is 4.79 Å². The van der Waals surface area contributed by atoms with Gasteiger partial charge in [-0.2, -0.15) is 0 Å². The van der Waals surface area contributed by atoms with Crippen molar-refractivity contribution in [1.29, 1.82) is 0 Å². The van der Waals surface area contributed by atoms with Crippen LogP contribution in [0.5, 0.6) is 0 Å². The van der Waals surface area contributed by atoms with E-state index in [0.717, 1.165) is 29.5 Å². The SMILES string of the molecule is CCn1c(SCC(=O)c2ccccc2)nnc1C(C)c1ccc(CC(C)C)cc1. The Morgan fingerprint density at radius 3 is 2.31 bits per heavy atom. The molecule has 152 valence electrons. The predicted molar refractivity (Wildman–Crippen MR) is 120 cm³/mol. The van der Waals surface area contributed by atoms with E-state index in [1.165, 1.54) is 22.9 Å². The summed E-state index contributed by atoms with van der Waals surface area (Å²) >= 11 is 1.46. The molecular formula is C24H29N3OS. The largest absolute Gasteiger partial charge is 0.306 e. The minimum atomic E-state index is 0.108. The van der Waals surface area contributed by atoms with Crippen molar-refractivity contribution in [3.63, 3.8) is 0 Å². The zero-order chi connectivity index (χ0) is 20.8. The Labute approximate surface area is 177 Å². The first-order valence-corrected chi connectivity index (χ1v) is 11.2. The molecule has 0 saturated heterocycles. The van der Waals surface area contributed by atoms with E-state index < -0.39 is 0 Å². The number of carbonyl (C=O) groups excluding carboxylic acids is 1. The first kappa shape index (κ1) is 21.3. The summed E-state index contributed by atoms with van der Waals surface area (Å²) in [5.41, 5.74) is 3.33. The third-order valence-corrected chi connectivity index (χ3v) is 5.97. The Hall–Kier alpha value is -2.40. The molecule has 29 heavy (non-hydrogen) atoms. The second-order valence-electron chi connectivity index (χ2n) is 7.72. The second kappa shape index (κ2) is 9.88. The van der Waals surface area contributed by atoms with E-state index in [1.807, 2.05) is 30.3 Å². The molecule has 0 aliphatic heterocycles. The van der Waals surface area contributed by atoms with Crippen molar-refractivity contribution in [1.82, 2.24) is 14.8 Å². The van der Waals surface area contributed by atoms with Gasteiger partial charge in [0.05, 0.1) is 5.75 Å². The van der Waals surface area contributed by atoms with Gasteiger partial charge in [-0.15, -0.1) is 10.2 Å². The fourth-order valence-corrected chi connectivity index (χ4v) is 4.33. The van der Waals surface area contributed by atoms with Crippen molar-refractivity contribution in [2.75, 3.05) is 5.75 Å². The molecule has 0 saturated carbocycles. The highest BCUT2D eigenvalue weighted by atomic mass is 32.2. The van der Waals surface area contributed by atoms with Crippen LogP contribution in [0.4, 0.5) is 0 Å². The van der Waals surface area contributed by atoms with E-state index in [4.69, 9.17) is 0 Å². The van der Waals surface area contributed by atoms with Crippen LogP contribution in [0.3, 0.4) is 0 Å². The zero-order valence-corrected chi connectivity index (χ0v) is 18.4. The van der Waals surface area contributed by atoms with Crippen LogP contribution in [0.2, 0.25) is 0 Å². The van der Waals surface area contributed by atoms with E-state index >= 15 is 0 Å². The van der Waals surface area contributed by atoms with Gasteiger partial charge in [-0.1, -0.05) is 87.1 Å². The minimum absolute atomic E-state index is 0.108. The number of Topliss-reactive ketones (excluding diaryl/α,β-unsaturated/α-hetero) is 1. The summed E-state index contributed by atoms with van der Waals surface area (Å²) in [5.74, 6) is 2.21. The Morgan fingerprint density at radius 1 is 1.00 bits per heavy atom. The van der Waals surface area contributed by atoms with Gasteiger partial charge in [0.15, 0.2) is 10.9 Å². The Morgan fingerprint density at radius 2 is 1.69 bits per heavy atom. The normalized spacial score (nSPS) is 12.3. The van der Waals surface area contributed by atoms with Gasteiger partial charge in [-0.25, -0.2) is 0 Å². The summed E-state index contributed by atoms with van der Waals surface area (Å²) in [6.45, 7) is 9.51. The minimum Gasteiger partial charge on any atom is -0.306 e. The van der Waals surface area contributed by atoms with Gasteiger partial charge in [0, 0.05) is 18.0 Å². The Balaban J connectivity index is 1.72. The molecule has 0 aliphatic rings. The highest BCUT2D eigenvalue weighted by Gasteiger charge is 2.19. The van der Waals surface area contributed by atoms with Gasteiger partial charge in [-0.05, 0) is 30.4 Å². The highest BCUT2D eigenvalue weighted by Crippen LogP contribution is 2.27. The van der Waals surface area contributed by atoms with Gasteiger partial charge in [0.1, 0.15) is 5.82 Å². The molecule has 0 radical (unpaired) electrons. The van der Waals surface area contributed by atoms with Crippen LogP contribution >= 0.6 is 11.8 Å². The molecule has 5 heteroatoms. The molecule has 4 nitrogen and oxygen atoms in total. The lowest BCUT2D eigenvalue weighted by Gasteiger charge is -2.14. The number of aromatic nitrogens is 3. The Bertz CT molecular complexity index is 933. The molecule has 0 fully saturated rings. The smallest absolute Gasteiger partial charge is 0.191 e. The summed E-state index contributed by atoms with van der Waals surface area (Å²) in [4.78, 5) is 12.4. The number of hydrogen-bond acceptors (Lipinski definition) is 4. The van der Waals surface area contributed by atoms with Crippen LogP contribution < -0.4 is 0 Å². The fraction of sp³-hybridized carbons (Fsp3) is 0.375. The standard InChI is InChI=1S/C24H29N3OS/c1-5-27-23(18(4)20-13-11-19(12-14-20)15-17(2)3)25-26-24(27)29-16-22(28)21-9-7-6-8-10-21/h6-14,17-18H,5,15-16H2,1-4H3. The molecule has 0 spiro atoms. The monoisotopic (exact) mass is 407 g/mol. The van der Waals surface area contributed by atoms with Gasteiger partial charge in [0.2, 0.25) is 0 Å². The van der Waals surface area contributed by atoms with E-state index in [1.54, 1.807) is 0 Å². The molecule has 3 rings (SSSR count). The van der Waals surface area contributed by atoms with E-state index in [9.17, 15) is 4.79 Å². The lowest BCUT2D eigenvalue weighted by molar-refractivity contribution is 0.102. The molecular weight excluding hydrogens is 378 g/mol. The van der Waals surface area contributed by atoms with Crippen molar-refractivity contribution in [3.8, 4) is 0 Å². The number of nitrogens with zero attached hydrogens (tertiary/aromatic N) is 3. The number of carbonyl (C=O) groups is 1. The molecule has 3 aromatic rings. The molecule has 0 bridgehead atoms. The van der Waals surface area contributed by atoms with Crippen molar-refractivity contribution < 1.29 is 4.79 Å². The summed E-state index contributed by atoms with van der Waals surface area (Å²) < 4.78 is 2.12. The van der Waals surface area contributed by atoms with Crippen LogP contribution in [-0.4, -0.2) is 26.3 Å². The Kier molecular flexibility index (Phi) is 7.26. The number of ketones is 1. The van der Waals surface area contributed by atoms with Gasteiger partial charge >= 0.3 is 0 Å². The zero-order valence-electron chi connectivity index (χ0n) is 17.6. The fourth-order valence-electron chi connectivity index (χ4n) is 3.42. The van der Waals surface area contributed by atoms with Gasteiger partial charge in [0.25, 0.3) is 0 Å². The molecule has 2 aromatic carbocycles. The molecule has 0 aliphatic carbocycles. The third kappa shape index (κ3) is 5.36. The van der Waals surface area contributed by atoms with Crippen molar-refractivity contribution in [2.24, 2.45) is 5.92 Å². The van der Waals surface area contributed by atoms with Crippen LogP contribution in [0.15, 0.2) is 59.8 Å². The van der Waals surface area contributed by atoms with Crippen molar-refractivity contribution in [3.05, 3.63) is 77.1 Å². The molecule has 1 atom stereocenters. The maximum absolute atomic E-state index is 12.4. The maximum Gasteiger partial charge on any atom is 0.191 e. The molecule has 0 N–H and O–H groups in total. The first-order valence-electron chi connectivity index (χ1n) is 10.2. The van der Waals surface area contributed by atoms with Crippen LogP contribution in [0.1, 0.15) is 60.9 Å². The van der Waals surface area contributed by atoms with E-state index in [-0.39, 0.29) is 11.7 Å². The number of benzene rings is 2. The topological polar surface area (TPSA) is 47.8 Å². The maximum atomic E-state index is 12.4. The van der Waals surface area contributed by atoms with Crippen molar-refractivity contribution in [2.45, 2.75) is 51.7 Å². The molecule has 1 heterocycles. The number of rotatable bonds is 9. The molecule has 1 unspecified atom stereocenters. The molecule has 0 amide bonds. The van der Waals surface area contributed by atoms with Crippen LogP contribution in [0.25, 0.3) is 0 Å². The van der Waals surface area contributed by atoms with Crippen LogP contribution in [0, 0.1) is 5.92 Å². The third-order valence-electron chi connectivity index (χ3n) is 5.00. The first-order chi connectivity index (χ1) is 14.0. The van der Waals surface area contributed by atoms with E-state index in [0.29, 0.717) is 11.7 Å². The highest BCUT2D eigenvalue weighted by molar-refractivity contribution is 7.99. The number of hydrogen-bond donors (Lipinski definition) is 0. The predicted octanol–water partition coefficient (Wildman–Crippen LogP) is 5.62. The summed E-state index contributed by atoms with van der Waals surface area (Å²) in [5, 5.41) is 9.65. The second-order valence-corrected chi connectivity index (χ2v) is 8.67. The lowest BCUT2D eigenvalue weighted by atomic mass is 9.96. The average molecular weight is 408 g/mol. The van der Waals surface area contributed by atoms with Crippen LogP contribution in [-0.2, 0) is 13.0 Å². The van der Waals surface area contributed by atoms with Gasteiger partial charge < -0.3 is 4.57 Å². The quantitative estimate of drug-likeness (QED) is 0.341. The summed E-state index contributed by atoms with van der Waals surface area (Å²) in [6.07, 6.45) is 1.09. The summed E-state index contributed by atoms with van der Waals surface area (Å²) in [7, 11) is 0. The van der Waals surface area contributed by atoms with Crippen molar-refractivity contribution >= 4 is 17.5 Å². The average Bonchev–Trinajstić information content (AvgIpc) is 3.15. The number of thioether (sulfide) groups is 1. The lowest BCUT2D eigenvalue weighted by Crippen LogP contribution is -2.09. The molecule has 1 aromatic heterocycles.